The van der Waals surface area contributed by atoms with Gasteiger partial charge in [-0.3, -0.25) is 4.79 Å². The summed E-state index contributed by atoms with van der Waals surface area (Å²) in [4.78, 5) is 13.0. The van der Waals surface area contributed by atoms with Crippen LogP contribution in [0.2, 0.25) is 0 Å². The molecular formula is C28H36N4O2. The van der Waals surface area contributed by atoms with E-state index in [-0.39, 0.29) is 11.3 Å². The highest BCUT2D eigenvalue weighted by atomic mass is 16.5. The Kier molecular flexibility index (Phi) is 6.00. The number of nitrogen functional groups attached to an aromatic ring is 1. The molecule has 2 atom stereocenters. The number of benzene rings is 2. The summed E-state index contributed by atoms with van der Waals surface area (Å²) >= 11 is 0. The Balaban J connectivity index is 1.28. The van der Waals surface area contributed by atoms with E-state index in [1.807, 2.05) is 42.5 Å². The number of nitrogens with zero attached hydrogens (tertiary/aromatic N) is 2. The molecule has 34 heavy (non-hydrogen) atoms. The molecule has 0 spiro atoms. The first kappa shape index (κ1) is 22.8. The lowest BCUT2D eigenvalue weighted by atomic mass is 9.58. The molecule has 2 unspecified atom stereocenters. The lowest BCUT2D eigenvalue weighted by Gasteiger charge is -2.47. The Morgan fingerprint density at radius 3 is 2.65 bits per heavy atom. The smallest absolute Gasteiger partial charge is 0.224 e. The first-order chi connectivity index (χ1) is 16.3. The molecule has 6 heteroatoms. The molecule has 0 saturated heterocycles. The average Bonchev–Trinajstić information content (AvgIpc) is 3.07. The average molecular weight is 461 g/mol. The molecule has 1 amide bonds. The summed E-state index contributed by atoms with van der Waals surface area (Å²) in [5, 5.41) is 8.72. The highest BCUT2D eigenvalue weighted by molar-refractivity contribution is 5.96. The lowest BCUT2D eigenvalue weighted by molar-refractivity contribution is -0.119. The van der Waals surface area contributed by atoms with Gasteiger partial charge in [0.25, 0.3) is 0 Å². The maximum Gasteiger partial charge on any atom is 0.224 e. The fourth-order valence-corrected chi connectivity index (χ4v) is 6.79. The molecule has 2 aromatic carbocycles. The first-order valence-corrected chi connectivity index (χ1v) is 12.5. The van der Waals surface area contributed by atoms with Crippen LogP contribution in [-0.4, -0.2) is 22.8 Å². The summed E-state index contributed by atoms with van der Waals surface area (Å²) in [5.41, 5.74) is 9.06. The maximum atomic E-state index is 13.0. The molecule has 5 rings (SSSR count). The number of para-hydroxylation sites is 1. The van der Waals surface area contributed by atoms with Crippen molar-refractivity contribution in [1.82, 2.24) is 9.78 Å². The van der Waals surface area contributed by atoms with Crippen LogP contribution in [0.4, 0.5) is 11.5 Å². The second-order valence-electron chi connectivity index (χ2n) is 11.1. The lowest BCUT2D eigenvalue weighted by Crippen LogP contribution is -2.38. The molecule has 0 radical (unpaired) electrons. The molecule has 1 heterocycles. The number of hydrogen-bond donors (Lipinski definition) is 2. The van der Waals surface area contributed by atoms with E-state index in [4.69, 9.17) is 15.6 Å². The Labute approximate surface area is 201 Å². The molecule has 1 aromatic heterocycles. The van der Waals surface area contributed by atoms with Crippen molar-refractivity contribution in [2.45, 2.75) is 58.9 Å². The molecule has 2 fully saturated rings. The number of ether oxygens (including phenoxy) is 1. The predicted octanol–water partition coefficient (Wildman–Crippen LogP) is 5.86. The van der Waals surface area contributed by atoms with Gasteiger partial charge in [0.2, 0.25) is 5.91 Å². The Hall–Kier alpha value is -3.02. The van der Waals surface area contributed by atoms with Crippen LogP contribution in [0.15, 0.2) is 42.5 Å². The standard InChI is InChI=1S/C28H36N4O2/c1-18-10-19-12-20(11-18)15-28(2,14-19)16-26(33)30-22-8-9-23-24(13-22)31-32(27(23)29)17-21-6-4-5-7-25(21)34-3/h4-9,13,18-20H,10-12,14-17,29H2,1-3H3,(H,30,33). The van der Waals surface area contributed by atoms with Gasteiger partial charge in [0.05, 0.1) is 19.2 Å². The summed E-state index contributed by atoms with van der Waals surface area (Å²) in [7, 11) is 1.66. The van der Waals surface area contributed by atoms with Crippen molar-refractivity contribution in [2.75, 3.05) is 18.2 Å². The van der Waals surface area contributed by atoms with Crippen LogP contribution in [0.25, 0.3) is 10.9 Å². The monoisotopic (exact) mass is 460 g/mol. The topological polar surface area (TPSA) is 82.2 Å². The van der Waals surface area contributed by atoms with Crippen LogP contribution in [0.5, 0.6) is 5.75 Å². The predicted molar refractivity (Wildman–Crippen MR) is 137 cm³/mol. The van der Waals surface area contributed by atoms with Crippen molar-refractivity contribution < 1.29 is 9.53 Å². The number of amides is 1. The number of methoxy groups -OCH3 is 1. The van der Waals surface area contributed by atoms with Crippen LogP contribution in [-0.2, 0) is 11.3 Å². The molecule has 6 nitrogen and oxygen atoms in total. The van der Waals surface area contributed by atoms with Gasteiger partial charge >= 0.3 is 0 Å². The number of nitrogens with one attached hydrogen (secondary N) is 1. The van der Waals surface area contributed by atoms with Crippen LogP contribution >= 0.6 is 0 Å². The first-order valence-electron chi connectivity index (χ1n) is 12.5. The van der Waals surface area contributed by atoms with Crippen molar-refractivity contribution in [3.8, 4) is 5.75 Å². The third kappa shape index (κ3) is 4.63. The third-order valence-corrected chi connectivity index (χ3v) is 7.86. The minimum atomic E-state index is 0.0938. The van der Waals surface area contributed by atoms with E-state index in [0.717, 1.165) is 45.7 Å². The number of anilines is 2. The summed E-state index contributed by atoms with van der Waals surface area (Å²) in [6.45, 7) is 5.21. The summed E-state index contributed by atoms with van der Waals surface area (Å²) < 4.78 is 7.25. The number of aromatic nitrogens is 2. The van der Waals surface area contributed by atoms with Gasteiger partial charge < -0.3 is 15.8 Å². The van der Waals surface area contributed by atoms with E-state index < -0.39 is 0 Å². The number of carbonyl (C=O) groups is 1. The highest BCUT2D eigenvalue weighted by Gasteiger charge is 2.41. The third-order valence-electron chi connectivity index (χ3n) is 7.86. The fraction of sp³-hybridized carbons (Fsp3) is 0.500. The van der Waals surface area contributed by atoms with Gasteiger partial charge in [-0.25, -0.2) is 4.68 Å². The van der Waals surface area contributed by atoms with Crippen molar-refractivity contribution in [3.63, 3.8) is 0 Å². The van der Waals surface area contributed by atoms with Gasteiger partial charge in [0, 0.05) is 23.1 Å². The van der Waals surface area contributed by atoms with Gasteiger partial charge in [-0.1, -0.05) is 32.0 Å². The molecule has 2 bridgehead atoms. The Morgan fingerprint density at radius 1 is 1.18 bits per heavy atom. The second-order valence-corrected chi connectivity index (χ2v) is 11.1. The van der Waals surface area contributed by atoms with Gasteiger partial charge in [0.1, 0.15) is 11.6 Å². The van der Waals surface area contributed by atoms with Crippen molar-refractivity contribution in [1.29, 1.82) is 0 Å². The molecule has 3 aromatic rings. The van der Waals surface area contributed by atoms with Crippen molar-refractivity contribution in [3.05, 3.63) is 48.0 Å². The largest absolute Gasteiger partial charge is 0.496 e. The van der Waals surface area contributed by atoms with E-state index >= 15 is 0 Å². The summed E-state index contributed by atoms with van der Waals surface area (Å²) in [5.74, 6) is 3.91. The van der Waals surface area contributed by atoms with E-state index in [2.05, 4.69) is 19.2 Å². The van der Waals surface area contributed by atoms with Gasteiger partial charge in [-0.15, -0.1) is 0 Å². The molecule has 180 valence electrons. The van der Waals surface area contributed by atoms with Crippen LogP contribution in [0.3, 0.4) is 0 Å². The van der Waals surface area contributed by atoms with E-state index in [0.29, 0.717) is 18.8 Å². The molecule has 3 N–H and O–H groups in total. The van der Waals surface area contributed by atoms with Crippen molar-refractivity contribution in [2.24, 2.45) is 23.2 Å². The van der Waals surface area contributed by atoms with Crippen LogP contribution in [0.1, 0.15) is 57.9 Å². The van der Waals surface area contributed by atoms with Gasteiger partial charge in [-0.2, -0.15) is 5.10 Å². The van der Waals surface area contributed by atoms with Crippen LogP contribution < -0.4 is 15.8 Å². The number of fused-ring (bicyclic) bond motifs is 3. The maximum absolute atomic E-state index is 13.0. The van der Waals surface area contributed by atoms with Gasteiger partial charge in [-0.05, 0) is 79.5 Å². The Morgan fingerprint density at radius 2 is 1.91 bits per heavy atom. The second kappa shape index (κ2) is 8.97. The zero-order valence-electron chi connectivity index (χ0n) is 20.5. The van der Waals surface area contributed by atoms with Crippen LogP contribution in [0, 0.1) is 23.2 Å². The van der Waals surface area contributed by atoms with E-state index in [1.165, 1.54) is 32.1 Å². The highest BCUT2D eigenvalue weighted by Crippen LogP contribution is 2.51. The summed E-state index contributed by atoms with van der Waals surface area (Å²) in [6, 6.07) is 13.7. The number of hydrogen-bond acceptors (Lipinski definition) is 4. The summed E-state index contributed by atoms with van der Waals surface area (Å²) in [6.07, 6.45) is 6.93. The minimum absolute atomic E-state index is 0.0938. The molecule has 2 saturated carbocycles. The minimum Gasteiger partial charge on any atom is -0.496 e. The normalized spacial score (nSPS) is 26.4. The van der Waals surface area contributed by atoms with E-state index in [9.17, 15) is 4.79 Å². The number of carbonyl (C=O) groups excluding carboxylic acids is 1. The van der Waals surface area contributed by atoms with Crippen molar-refractivity contribution >= 4 is 28.3 Å². The number of nitrogens with two attached hydrogens (primary N) is 1. The SMILES string of the molecule is COc1ccccc1Cn1nc2cc(NC(=O)CC3(C)CC4CC(C)CC(C4)C3)ccc2c1N. The molecular weight excluding hydrogens is 424 g/mol. The zero-order chi connectivity index (χ0) is 23.9. The quantitative estimate of drug-likeness (QED) is 0.483. The fourth-order valence-electron chi connectivity index (χ4n) is 6.79. The van der Waals surface area contributed by atoms with E-state index in [1.54, 1.807) is 11.8 Å². The molecule has 2 aliphatic carbocycles. The molecule has 0 aliphatic heterocycles. The number of rotatable bonds is 6. The Bertz CT molecular complexity index is 1180. The van der Waals surface area contributed by atoms with Gasteiger partial charge in [0.15, 0.2) is 0 Å². The molecule has 2 aliphatic rings. The zero-order valence-corrected chi connectivity index (χ0v) is 20.5.